The van der Waals surface area contributed by atoms with Crippen LogP contribution in [-0.4, -0.2) is 53.5 Å². The third kappa shape index (κ3) is 2.03. The number of aliphatic hydroxyl groups excluding tert-OH is 1. The number of likely N-dealkylation sites (tertiary alicyclic amines) is 1. The Bertz CT molecular complexity index is 263. The van der Waals surface area contributed by atoms with Gasteiger partial charge in [0.2, 0.25) is 5.91 Å². The van der Waals surface area contributed by atoms with Gasteiger partial charge in [-0.2, -0.15) is 0 Å². The number of hydrogen-bond donors (Lipinski definition) is 2. The van der Waals surface area contributed by atoms with Crippen molar-refractivity contribution in [3.63, 3.8) is 0 Å². The van der Waals surface area contributed by atoms with Crippen molar-refractivity contribution in [3.05, 3.63) is 0 Å². The van der Waals surface area contributed by atoms with E-state index in [1.807, 2.05) is 0 Å². The minimum absolute atomic E-state index is 0.0406. The lowest BCUT2D eigenvalue weighted by atomic mass is 10.2. The molecule has 0 aromatic heterocycles. The second kappa shape index (κ2) is 4.28. The second-order valence-corrected chi connectivity index (χ2v) is 4.23. The molecular formula is C10H16N2O3. The Morgan fingerprint density at radius 2 is 2.33 bits per heavy atom. The van der Waals surface area contributed by atoms with Gasteiger partial charge in [-0.05, 0) is 19.4 Å². The number of aldehydes is 1. The highest BCUT2D eigenvalue weighted by molar-refractivity contribution is 5.85. The molecule has 2 aliphatic rings. The maximum absolute atomic E-state index is 12.0. The van der Waals surface area contributed by atoms with E-state index in [2.05, 4.69) is 5.32 Å². The van der Waals surface area contributed by atoms with Gasteiger partial charge in [-0.3, -0.25) is 4.79 Å². The fourth-order valence-corrected chi connectivity index (χ4v) is 2.32. The molecule has 3 atom stereocenters. The van der Waals surface area contributed by atoms with E-state index in [1.54, 1.807) is 0 Å². The first-order valence-electron chi connectivity index (χ1n) is 5.39. The van der Waals surface area contributed by atoms with Crippen molar-refractivity contribution >= 4 is 12.2 Å². The Morgan fingerprint density at radius 3 is 2.93 bits per heavy atom. The van der Waals surface area contributed by atoms with E-state index < -0.39 is 12.1 Å². The minimum atomic E-state index is -0.550. The van der Waals surface area contributed by atoms with Gasteiger partial charge >= 0.3 is 0 Å². The van der Waals surface area contributed by atoms with Gasteiger partial charge in [0.1, 0.15) is 6.29 Å². The first-order chi connectivity index (χ1) is 7.22. The zero-order valence-electron chi connectivity index (χ0n) is 8.56. The maximum Gasteiger partial charge on any atom is 0.240 e. The van der Waals surface area contributed by atoms with Gasteiger partial charge in [0.25, 0.3) is 0 Å². The SMILES string of the molecule is O=C[C@@H]1CC(O)CN1C(=O)[C@@H]1CCCN1. The summed E-state index contributed by atoms with van der Waals surface area (Å²) in [6, 6.07) is -0.590. The molecule has 0 saturated carbocycles. The molecule has 1 amide bonds. The van der Waals surface area contributed by atoms with E-state index in [9.17, 15) is 14.7 Å². The predicted molar refractivity (Wildman–Crippen MR) is 53.2 cm³/mol. The largest absolute Gasteiger partial charge is 0.391 e. The molecular weight excluding hydrogens is 196 g/mol. The average molecular weight is 212 g/mol. The van der Waals surface area contributed by atoms with E-state index in [0.29, 0.717) is 13.0 Å². The van der Waals surface area contributed by atoms with Crippen LogP contribution in [0.2, 0.25) is 0 Å². The van der Waals surface area contributed by atoms with Crippen LogP contribution in [0.3, 0.4) is 0 Å². The Labute approximate surface area is 88.4 Å². The molecule has 0 aromatic carbocycles. The van der Waals surface area contributed by atoms with Gasteiger partial charge in [-0.25, -0.2) is 0 Å². The van der Waals surface area contributed by atoms with Gasteiger partial charge in [-0.1, -0.05) is 0 Å². The molecule has 2 heterocycles. The fraction of sp³-hybridized carbons (Fsp3) is 0.800. The lowest BCUT2D eigenvalue weighted by molar-refractivity contribution is -0.136. The van der Waals surface area contributed by atoms with Crippen LogP contribution < -0.4 is 5.32 Å². The average Bonchev–Trinajstić information content (AvgIpc) is 2.84. The molecule has 2 fully saturated rings. The van der Waals surface area contributed by atoms with Crippen molar-refractivity contribution in [3.8, 4) is 0 Å². The van der Waals surface area contributed by atoms with Crippen LogP contribution in [0.1, 0.15) is 19.3 Å². The number of carbonyl (C=O) groups is 2. The van der Waals surface area contributed by atoms with Gasteiger partial charge in [0, 0.05) is 13.0 Å². The van der Waals surface area contributed by atoms with Crippen LogP contribution in [0, 0.1) is 0 Å². The second-order valence-electron chi connectivity index (χ2n) is 4.23. The van der Waals surface area contributed by atoms with E-state index in [-0.39, 0.29) is 11.9 Å². The standard InChI is InChI=1S/C10H16N2O3/c13-6-7-4-8(14)5-12(7)10(15)9-2-1-3-11-9/h6-9,11,14H,1-5H2/t7-,8?,9-/m0/s1. The molecule has 15 heavy (non-hydrogen) atoms. The van der Waals surface area contributed by atoms with Crippen LogP contribution in [0.5, 0.6) is 0 Å². The van der Waals surface area contributed by atoms with Crippen LogP contribution in [0.25, 0.3) is 0 Å². The number of rotatable bonds is 2. The molecule has 0 aliphatic carbocycles. The van der Waals surface area contributed by atoms with Crippen molar-refractivity contribution in [2.45, 2.75) is 37.5 Å². The van der Waals surface area contributed by atoms with Crippen LogP contribution in [0.4, 0.5) is 0 Å². The summed E-state index contributed by atoms with van der Waals surface area (Å²) in [6.07, 6.45) is 2.41. The van der Waals surface area contributed by atoms with E-state index in [0.717, 1.165) is 25.7 Å². The van der Waals surface area contributed by atoms with Crippen LogP contribution in [0.15, 0.2) is 0 Å². The summed E-state index contributed by atoms with van der Waals surface area (Å²) < 4.78 is 0. The molecule has 0 bridgehead atoms. The number of nitrogens with zero attached hydrogens (tertiary/aromatic N) is 1. The summed E-state index contributed by atoms with van der Waals surface area (Å²) >= 11 is 0. The highest BCUT2D eigenvalue weighted by Gasteiger charge is 2.37. The molecule has 2 N–H and O–H groups in total. The van der Waals surface area contributed by atoms with Gasteiger partial charge in [-0.15, -0.1) is 0 Å². The Hall–Kier alpha value is -0.940. The van der Waals surface area contributed by atoms with Crippen molar-refractivity contribution in [1.29, 1.82) is 0 Å². The fourth-order valence-electron chi connectivity index (χ4n) is 2.32. The quantitative estimate of drug-likeness (QED) is 0.570. The topological polar surface area (TPSA) is 69.6 Å². The Morgan fingerprint density at radius 1 is 1.53 bits per heavy atom. The van der Waals surface area contributed by atoms with Crippen molar-refractivity contribution in [1.82, 2.24) is 10.2 Å². The molecule has 1 unspecified atom stereocenters. The first-order valence-corrected chi connectivity index (χ1v) is 5.39. The number of amides is 1. The highest BCUT2D eigenvalue weighted by Crippen LogP contribution is 2.19. The van der Waals surface area contributed by atoms with E-state index >= 15 is 0 Å². The summed E-state index contributed by atoms with van der Waals surface area (Å²) in [5.41, 5.74) is 0. The molecule has 2 aliphatic heterocycles. The zero-order valence-corrected chi connectivity index (χ0v) is 8.56. The monoisotopic (exact) mass is 212 g/mol. The van der Waals surface area contributed by atoms with Crippen molar-refractivity contribution in [2.24, 2.45) is 0 Å². The highest BCUT2D eigenvalue weighted by atomic mass is 16.3. The lowest BCUT2D eigenvalue weighted by Crippen LogP contribution is -2.46. The number of carbonyl (C=O) groups excluding carboxylic acids is 2. The van der Waals surface area contributed by atoms with Crippen molar-refractivity contribution < 1.29 is 14.7 Å². The summed E-state index contributed by atoms with van der Waals surface area (Å²) in [5, 5.41) is 12.5. The molecule has 2 rings (SSSR count). The Kier molecular flexibility index (Phi) is 3.02. The number of nitrogens with one attached hydrogen (secondary N) is 1. The van der Waals surface area contributed by atoms with Gasteiger partial charge in [0.05, 0.1) is 18.2 Å². The maximum atomic E-state index is 12.0. The molecule has 84 valence electrons. The molecule has 5 nitrogen and oxygen atoms in total. The summed E-state index contributed by atoms with van der Waals surface area (Å²) in [6.45, 7) is 1.15. The van der Waals surface area contributed by atoms with Crippen LogP contribution >= 0.6 is 0 Å². The third-order valence-corrected chi connectivity index (χ3v) is 3.12. The molecule has 5 heteroatoms. The van der Waals surface area contributed by atoms with Crippen molar-refractivity contribution in [2.75, 3.05) is 13.1 Å². The molecule has 0 spiro atoms. The van der Waals surface area contributed by atoms with E-state index in [1.165, 1.54) is 4.90 Å². The summed E-state index contributed by atoms with van der Waals surface area (Å²) in [7, 11) is 0. The minimum Gasteiger partial charge on any atom is -0.391 e. The normalized spacial score (nSPS) is 35.8. The Balaban J connectivity index is 2.02. The van der Waals surface area contributed by atoms with Gasteiger partial charge in [0.15, 0.2) is 0 Å². The smallest absolute Gasteiger partial charge is 0.240 e. The lowest BCUT2D eigenvalue weighted by Gasteiger charge is -2.23. The van der Waals surface area contributed by atoms with Crippen LogP contribution in [-0.2, 0) is 9.59 Å². The van der Waals surface area contributed by atoms with E-state index in [4.69, 9.17) is 0 Å². The molecule has 0 radical (unpaired) electrons. The zero-order chi connectivity index (χ0) is 10.8. The first kappa shape index (κ1) is 10.6. The summed E-state index contributed by atoms with van der Waals surface area (Å²) in [5.74, 6) is -0.0406. The van der Waals surface area contributed by atoms with Gasteiger partial charge < -0.3 is 20.1 Å². The number of aliphatic hydroxyl groups is 1. The molecule has 2 saturated heterocycles. The third-order valence-electron chi connectivity index (χ3n) is 3.12. The molecule has 0 aromatic rings. The number of hydrogen-bond acceptors (Lipinski definition) is 4. The predicted octanol–water partition coefficient (Wildman–Crippen LogP) is -1.10. The summed E-state index contributed by atoms with van der Waals surface area (Å²) in [4.78, 5) is 24.2. The number of β-amino-alcohol motifs (C(OH)–C–C–N with tert-alkyl or cyclic N) is 1.